The van der Waals surface area contributed by atoms with Crippen molar-refractivity contribution < 1.29 is 14.7 Å². The van der Waals surface area contributed by atoms with E-state index in [4.69, 9.17) is 10.8 Å². The van der Waals surface area contributed by atoms with Crippen LogP contribution >= 0.6 is 0 Å². The van der Waals surface area contributed by atoms with Crippen molar-refractivity contribution in [2.24, 2.45) is 5.73 Å². The number of benzene rings is 3. The van der Waals surface area contributed by atoms with E-state index in [1.54, 1.807) is 24.1 Å². The van der Waals surface area contributed by atoms with Gasteiger partial charge in [0.15, 0.2) is 0 Å². The lowest BCUT2D eigenvalue weighted by molar-refractivity contribution is -0.138. The zero-order chi connectivity index (χ0) is 21.5. The highest BCUT2D eigenvalue weighted by molar-refractivity contribution is 5.94. The van der Waals surface area contributed by atoms with Crippen LogP contribution in [0.4, 0.5) is 0 Å². The quantitative estimate of drug-likeness (QED) is 0.597. The molecule has 0 unspecified atom stereocenters. The van der Waals surface area contributed by atoms with Gasteiger partial charge < -0.3 is 15.7 Å². The van der Waals surface area contributed by atoms with Gasteiger partial charge >= 0.3 is 5.97 Å². The molecule has 0 aliphatic rings. The Morgan fingerprint density at radius 1 is 0.900 bits per heavy atom. The SMILES string of the molecule is CN(Cc1cc(-c2ccccc2)ccc1CC[C@@H](N)C(=O)O)C(=O)c1ccccc1. The van der Waals surface area contributed by atoms with Crippen molar-refractivity contribution in [2.75, 3.05) is 7.05 Å². The number of carboxylic acids is 1. The lowest BCUT2D eigenvalue weighted by Crippen LogP contribution is -2.30. The molecule has 0 saturated carbocycles. The molecule has 3 rings (SSSR count). The molecule has 30 heavy (non-hydrogen) atoms. The molecule has 3 aromatic carbocycles. The van der Waals surface area contributed by atoms with Gasteiger partial charge in [-0.05, 0) is 53.3 Å². The fourth-order valence-corrected chi connectivity index (χ4v) is 3.39. The molecule has 3 N–H and O–H groups in total. The van der Waals surface area contributed by atoms with Crippen LogP contribution in [0.2, 0.25) is 0 Å². The van der Waals surface area contributed by atoms with Crippen molar-refractivity contribution in [1.29, 1.82) is 0 Å². The molecular weight excluding hydrogens is 376 g/mol. The van der Waals surface area contributed by atoms with E-state index in [0.29, 0.717) is 24.9 Å². The summed E-state index contributed by atoms with van der Waals surface area (Å²) in [5.41, 5.74) is 10.5. The Morgan fingerprint density at radius 2 is 1.53 bits per heavy atom. The van der Waals surface area contributed by atoms with Crippen molar-refractivity contribution in [2.45, 2.75) is 25.4 Å². The molecule has 0 aromatic heterocycles. The molecule has 0 bridgehead atoms. The zero-order valence-corrected chi connectivity index (χ0v) is 17.0. The van der Waals surface area contributed by atoms with Crippen LogP contribution in [0.1, 0.15) is 27.9 Å². The van der Waals surface area contributed by atoms with Crippen LogP contribution in [0.3, 0.4) is 0 Å². The van der Waals surface area contributed by atoms with Gasteiger partial charge in [-0.3, -0.25) is 9.59 Å². The van der Waals surface area contributed by atoms with Gasteiger partial charge in [0, 0.05) is 19.2 Å². The van der Waals surface area contributed by atoms with Gasteiger partial charge in [0.25, 0.3) is 5.91 Å². The summed E-state index contributed by atoms with van der Waals surface area (Å²) in [5, 5.41) is 9.09. The maximum Gasteiger partial charge on any atom is 0.320 e. The van der Waals surface area contributed by atoms with Gasteiger partial charge in [-0.2, -0.15) is 0 Å². The van der Waals surface area contributed by atoms with Gasteiger partial charge in [-0.1, -0.05) is 60.7 Å². The smallest absolute Gasteiger partial charge is 0.320 e. The number of amides is 1. The summed E-state index contributed by atoms with van der Waals surface area (Å²) in [6.45, 7) is 0.423. The van der Waals surface area contributed by atoms with Gasteiger partial charge in [0.2, 0.25) is 0 Å². The van der Waals surface area contributed by atoms with Crippen LogP contribution in [-0.2, 0) is 17.8 Å². The largest absolute Gasteiger partial charge is 0.480 e. The number of hydrogen-bond acceptors (Lipinski definition) is 3. The standard InChI is InChI=1S/C25H26N2O3/c1-27(24(28)20-10-6-3-7-11-20)17-22-16-21(18-8-4-2-5-9-18)13-12-19(22)14-15-23(26)25(29)30/h2-13,16,23H,14-15,17,26H2,1H3,(H,29,30)/t23-/m1/s1. The number of nitrogens with zero attached hydrogens (tertiary/aromatic N) is 1. The van der Waals surface area contributed by atoms with Crippen LogP contribution in [0, 0.1) is 0 Å². The molecule has 3 aromatic rings. The van der Waals surface area contributed by atoms with Crippen molar-refractivity contribution in [3.8, 4) is 11.1 Å². The summed E-state index contributed by atoms with van der Waals surface area (Å²) in [5.74, 6) is -1.07. The fraction of sp³-hybridized carbons (Fsp3) is 0.200. The van der Waals surface area contributed by atoms with E-state index in [2.05, 4.69) is 6.07 Å². The molecule has 0 spiro atoms. The summed E-state index contributed by atoms with van der Waals surface area (Å²) < 4.78 is 0. The van der Waals surface area contributed by atoms with Crippen molar-refractivity contribution in [3.05, 3.63) is 95.6 Å². The topological polar surface area (TPSA) is 83.6 Å². The molecule has 0 fully saturated rings. The van der Waals surface area contributed by atoms with E-state index in [1.807, 2.05) is 60.7 Å². The molecule has 1 atom stereocenters. The molecule has 0 aliphatic heterocycles. The maximum atomic E-state index is 12.8. The second-order valence-electron chi connectivity index (χ2n) is 7.36. The molecular formula is C25H26N2O3. The molecule has 0 aliphatic carbocycles. The van der Waals surface area contributed by atoms with Gasteiger partial charge in [-0.25, -0.2) is 0 Å². The number of hydrogen-bond donors (Lipinski definition) is 2. The highest BCUT2D eigenvalue weighted by atomic mass is 16.4. The molecule has 0 saturated heterocycles. The average Bonchev–Trinajstić information content (AvgIpc) is 2.78. The summed E-state index contributed by atoms with van der Waals surface area (Å²) in [6.07, 6.45) is 0.870. The molecule has 1 amide bonds. The monoisotopic (exact) mass is 402 g/mol. The highest BCUT2D eigenvalue weighted by Crippen LogP contribution is 2.25. The van der Waals surface area contributed by atoms with E-state index in [1.165, 1.54) is 0 Å². The molecule has 154 valence electrons. The summed E-state index contributed by atoms with van der Waals surface area (Å²) in [4.78, 5) is 25.6. The first-order valence-electron chi connectivity index (χ1n) is 9.92. The third-order valence-electron chi connectivity index (χ3n) is 5.13. The third kappa shape index (κ3) is 5.33. The Hall–Kier alpha value is -3.44. The lowest BCUT2D eigenvalue weighted by atomic mass is 9.95. The number of carbonyl (C=O) groups excluding carboxylic acids is 1. The third-order valence-corrected chi connectivity index (χ3v) is 5.13. The Balaban J connectivity index is 1.87. The van der Waals surface area contributed by atoms with Crippen LogP contribution in [-0.4, -0.2) is 35.0 Å². The Bertz CT molecular complexity index is 1000. The van der Waals surface area contributed by atoms with Gasteiger partial charge in [-0.15, -0.1) is 0 Å². The first-order valence-corrected chi connectivity index (χ1v) is 9.92. The minimum atomic E-state index is -1.01. The molecule has 0 radical (unpaired) electrons. The van der Waals surface area contributed by atoms with Crippen molar-refractivity contribution >= 4 is 11.9 Å². The minimum Gasteiger partial charge on any atom is -0.480 e. The van der Waals surface area contributed by atoms with Crippen LogP contribution < -0.4 is 5.73 Å². The first kappa shape index (κ1) is 21.3. The zero-order valence-electron chi connectivity index (χ0n) is 17.0. The van der Waals surface area contributed by atoms with E-state index < -0.39 is 12.0 Å². The van der Waals surface area contributed by atoms with Crippen LogP contribution in [0.25, 0.3) is 11.1 Å². The van der Waals surface area contributed by atoms with Crippen molar-refractivity contribution in [3.63, 3.8) is 0 Å². The second kappa shape index (κ2) is 9.85. The number of carboxylic acid groups (broad SMARTS) is 1. The highest BCUT2D eigenvalue weighted by Gasteiger charge is 2.16. The van der Waals surface area contributed by atoms with Crippen LogP contribution in [0.15, 0.2) is 78.9 Å². The summed E-state index contributed by atoms with van der Waals surface area (Å²) in [7, 11) is 1.78. The fourth-order valence-electron chi connectivity index (χ4n) is 3.39. The Labute approximate surface area is 176 Å². The predicted molar refractivity (Wildman–Crippen MR) is 118 cm³/mol. The number of rotatable bonds is 8. The van der Waals surface area contributed by atoms with E-state index in [9.17, 15) is 9.59 Å². The number of aryl methyl sites for hydroxylation is 1. The van der Waals surface area contributed by atoms with E-state index >= 15 is 0 Å². The normalized spacial score (nSPS) is 11.7. The molecule has 5 heteroatoms. The van der Waals surface area contributed by atoms with Gasteiger partial charge in [0.1, 0.15) is 6.04 Å². The van der Waals surface area contributed by atoms with E-state index in [-0.39, 0.29) is 5.91 Å². The number of aliphatic carboxylic acids is 1. The minimum absolute atomic E-state index is 0.0612. The average molecular weight is 402 g/mol. The predicted octanol–water partition coefficient (Wildman–Crippen LogP) is 3.97. The Morgan fingerprint density at radius 3 is 2.17 bits per heavy atom. The van der Waals surface area contributed by atoms with Crippen molar-refractivity contribution in [1.82, 2.24) is 4.90 Å². The molecule has 0 heterocycles. The second-order valence-corrected chi connectivity index (χ2v) is 7.36. The van der Waals surface area contributed by atoms with Crippen LogP contribution in [0.5, 0.6) is 0 Å². The number of carbonyl (C=O) groups is 2. The lowest BCUT2D eigenvalue weighted by Gasteiger charge is -2.21. The number of nitrogens with two attached hydrogens (primary N) is 1. The summed E-state index contributed by atoms with van der Waals surface area (Å²) >= 11 is 0. The van der Waals surface area contributed by atoms with E-state index in [0.717, 1.165) is 22.3 Å². The molecule has 5 nitrogen and oxygen atoms in total. The first-order chi connectivity index (χ1) is 14.5. The van der Waals surface area contributed by atoms with Gasteiger partial charge in [0.05, 0.1) is 0 Å². The summed E-state index contributed by atoms with van der Waals surface area (Å²) in [6, 6.07) is 24.4. The maximum absolute atomic E-state index is 12.8. The Kier molecular flexibility index (Phi) is 6.99.